The molecule has 0 saturated carbocycles. The zero-order valence-corrected chi connectivity index (χ0v) is 5.85. The van der Waals surface area contributed by atoms with Crippen LogP contribution in [0.15, 0.2) is 11.7 Å². The fraction of sp³-hybridized carbons (Fsp3) is 0. The molecule has 46 valence electrons. The van der Waals surface area contributed by atoms with Gasteiger partial charge < -0.3 is 0 Å². The van der Waals surface area contributed by atoms with E-state index < -0.39 is 0 Å². The van der Waals surface area contributed by atoms with E-state index in [0.29, 0.717) is 0 Å². The van der Waals surface area contributed by atoms with Gasteiger partial charge in [0.15, 0.2) is 5.65 Å². The van der Waals surface area contributed by atoms with Crippen molar-refractivity contribution in [2.24, 2.45) is 0 Å². The average molecular weight is 160 g/mol. The maximum atomic E-state index is 5.61. The molecule has 2 aromatic rings. The minimum Gasteiger partial charge on any atom is -0.233 e. The van der Waals surface area contributed by atoms with Gasteiger partial charge in [-0.25, -0.2) is 9.07 Å². The van der Waals surface area contributed by atoms with E-state index >= 15 is 0 Å². The number of nitrogens with zero attached hydrogens (tertiary/aromatic N) is 3. The van der Waals surface area contributed by atoms with Crippen LogP contribution in [0.5, 0.6) is 0 Å². The molecule has 0 bridgehead atoms. The summed E-state index contributed by atoms with van der Waals surface area (Å²) in [4.78, 5) is 3.96. The third kappa shape index (κ3) is 0.635. The van der Waals surface area contributed by atoms with Gasteiger partial charge in [-0.05, 0) is 11.5 Å². The molecular formula is C4H2ClN3S. The predicted molar refractivity (Wildman–Crippen MR) is 36.7 cm³/mol. The maximum absolute atomic E-state index is 5.61. The molecule has 0 amide bonds. The first-order valence-corrected chi connectivity index (χ1v) is 3.49. The lowest BCUT2D eigenvalue weighted by Crippen LogP contribution is -1.72. The minimum atomic E-state index is 0.738. The fourth-order valence-corrected chi connectivity index (χ4v) is 1.44. The highest BCUT2D eigenvalue weighted by atomic mass is 35.5. The highest BCUT2D eigenvalue weighted by molar-refractivity contribution is 7.04. The molecule has 0 unspecified atom stereocenters. The van der Waals surface area contributed by atoms with Crippen LogP contribution in [-0.2, 0) is 0 Å². The van der Waals surface area contributed by atoms with Crippen molar-refractivity contribution in [3.63, 3.8) is 0 Å². The normalized spacial score (nSPS) is 10.8. The Kier molecular flexibility index (Phi) is 0.972. The van der Waals surface area contributed by atoms with Crippen LogP contribution < -0.4 is 0 Å². The van der Waals surface area contributed by atoms with Crippen molar-refractivity contribution in [2.45, 2.75) is 0 Å². The summed E-state index contributed by atoms with van der Waals surface area (Å²) >= 11 is 6.97. The smallest absolute Gasteiger partial charge is 0.188 e. The largest absolute Gasteiger partial charge is 0.233 e. The quantitative estimate of drug-likeness (QED) is 0.583. The van der Waals surface area contributed by atoms with E-state index in [4.69, 9.17) is 11.8 Å². The average Bonchev–Trinajstić information content (AvgIpc) is 2.35. The molecule has 2 rings (SSSR count). The summed E-state index contributed by atoms with van der Waals surface area (Å²) in [6.07, 6.45) is 1.53. The van der Waals surface area contributed by atoms with E-state index in [0.717, 1.165) is 11.2 Å². The molecule has 2 heterocycles. The first-order valence-electron chi connectivity index (χ1n) is 2.31. The number of imidazole rings is 1. The molecule has 0 aliphatic carbocycles. The highest BCUT2D eigenvalue weighted by Gasteiger charge is 2.00. The molecule has 0 fully saturated rings. The van der Waals surface area contributed by atoms with Gasteiger partial charge >= 0.3 is 0 Å². The summed E-state index contributed by atoms with van der Waals surface area (Å²) in [5, 5.41) is 1.86. The molecule has 0 spiro atoms. The summed E-state index contributed by atoms with van der Waals surface area (Å²) in [7, 11) is 0. The molecule has 0 radical (unpaired) electrons. The van der Waals surface area contributed by atoms with Gasteiger partial charge in [-0.1, -0.05) is 0 Å². The summed E-state index contributed by atoms with van der Waals surface area (Å²) in [5.41, 5.74) is 1.59. The predicted octanol–water partition coefficient (Wildman–Crippen LogP) is 1.49. The van der Waals surface area contributed by atoms with Crippen molar-refractivity contribution >= 4 is 34.5 Å². The van der Waals surface area contributed by atoms with Gasteiger partial charge in [0.2, 0.25) is 0 Å². The Bertz CT molecular complexity index is 325. The number of hydrogen-bond donors (Lipinski definition) is 0. The number of aromatic nitrogens is 3. The van der Waals surface area contributed by atoms with Crippen molar-refractivity contribution in [3.05, 3.63) is 11.7 Å². The van der Waals surface area contributed by atoms with Gasteiger partial charge in [-0.3, -0.25) is 0 Å². The lowest BCUT2D eigenvalue weighted by Gasteiger charge is -1.77. The van der Waals surface area contributed by atoms with E-state index in [2.05, 4.69) is 9.36 Å². The van der Waals surface area contributed by atoms with Gasteiger partial charge in [0.25, 0.3) is 0 Å². The lowest BCUT2D eigenvalue weighted by molar-refractivity contribution is 1.23. The second-order valence-corrected chi connectivity index (χ2v) is 2.57. The first-order chi connectivity index (χ1) is 4.38. The number of fused-ring (bicyclic) bond motifs is 1. The van der Waals surface area contributed by atoms with E-state index in [-0.39, 0.29) is 0 Å². The molecule has 2 aromatic heterocycles. The molecule has 9 heavy (non-hydrogen) atoms. The number of hydrogen-bond acceptors (Lipinski definition) is 3. The third-order valence-electron chi connectivity index (χ3n) is 1.03. The summed E-state index contributed by atoms with van der Waals surface area (Å²) in [5.74, 6) is 0. The van der Waals surface area contributed by atoms with Crippen LogP contribution in [0.4, 0.5) is 0 Å². The number of halogens is 1. The van der Waals surface area contributed by atoms with E-state index in [1.165, 1.54) is 21.9 Å². The van der Waals surface area contributed by atoms with Gasteiger partial charge in [0.05, 0.1) is 0 Å². The Morgan fingerprint density at radius 3 is 3.33 bits per heavy atom. The Balaban J connectivity index is 2.99. The maximum Gasteiger partial charge on any atom is 0.188 e. The Morgan fingerprint density at radius 2 is 2.56 bits per heavy atom. The van der Waals surface area contributed by atoms with Gasteiger partial charge in [-0.2, -0.15) is 4.37 Å². The van der Waals surface area contributed by atoms with Gasteiger partial charge in [0.1, 0.15) is 11.8 Å². The van der Waals surface area contributed by atoms with Gasteiger partial charge in [0, 0.05) is 17.2 Å². The third-order valence-corrected chi connectivity index (χ3v) is 1.89. The topological polar surface area (TPSA) is 30.7 Å². The molecule has 0 N–H and O–H groups in total. The molecule has 5 heteroatoms. The first kappa shape index (κ1) is 5.20. The molecule has 0 aromatic carbocycles. The summed E-state index contributed by atoms with van der Waals surface area (Å²) < 4.78 is 5.37. The monoisotopic (exact) mass is 159 g/mol. The van der Waals surface area contributed by atoms with Crippen LogP contribution in [0.2, 0.25) is 0 Å². The second-order valence-electron chi connectivity index (χ2n) is 1.58. The molecule has 0 saturated heterocycles. The Morgan fingerprint density at radius 1 is 1.67 bits per heavy atom. The minimum absolute atomic E-state index is 0.738. The van der Waals surface area contributed by atoms with Crippen LogP contribution in [0.1, 0.15) is 0 Å². The second kappa shape index (κ2) is 1.68. The van der Waals surface area contributed by atoms with Crippen molar-refractivity contribution < 1.29 is 0 Å². The summed E-state index contributed by atoms with van der Waals surface area (Å²) in [6, 6.07) is 0. The van der Waals surface area contributed by atoms with Crippen molar-refractivity contribution in [1.29, 1.82) is 0 Å². The van der Waals surface area contributed by atoms with E-state index in [1.54, 1.807) is 0 Å². The van der Waals surface area contributed by atoms with Crippen molar-refractivity contribution in [2.75, 3.05) is 0 Å². The molecular weight excluding hydrogens is 158 g/mol. The molecule has 0 aliphatic heterocycles. The number of rotatable bonds is 0. The van der Waals surface area contributed by atoms with Crippen LogP contribution in [0.3, 0.4) is 0 Å². The van der Waals surface area contributed by atoms with Crippen LogP contribution in [0.25, 0.3) is 11.2 Å². The van der Waals surface area contributed by atoms with Crippen molar-refractivity contribution in [3.8, 4) is 0 Å². The molecule has 3 nitrogen and oxygen atoms in total. The zero-order chi connectivity index (χ0) is 6.27. The SMILES string of the molecule is Cln1cnc2csnc21. The van der Waals surface area contributed by atoms with Crippen molar-refractivity contribution in [1.82, 2.24) is 13.4 Å². The highest BCUT2D eigenvalue weighted by Crippen LogP contribution is 2.13. The molecule has 0 atom stereocenters. The Labute approximate surface area is 60.2 Å². The zero-order valence-electron chi connectivity index (χ0n) is 4.28. The van der Waals surface area contributed by atoms with E-state index in [1.807, 2.05) is 5.38 Å². The van der Waals surface area contributed by atoms with Crippen LogP contribution in [-0.4, -0.2) is 13.4 Å². The Hall–Kier alpha value is -0.610. The van der Waals surface area contributed by atoms with Gasteiger partial charge in [-0.15, -0.1) is 0 Å². The molecule has 0 aliphatic rings. The standard InChI is InChI=1S/C4H2ClN3S/c5-8-2-6-3-1-9-7-4(3)8/h1-2H. The van der Waals surface area contributed by atoms with E-state index in [9.17, 15) is 0 Å². The fourth-order valence-electron chi connectivity index (χ4n) is 0.630. The summed E-state index contributed by atoms with van der Waals surface area (Å²) in [6.45, 7) is 0. The van der Waals surface area contributed by atoms with Crippen LogP contribution in [0, 0.1) is 0 Å². The van der Waals surface area contributed by atoms with Crippen LogP contribution >= 0.6 is 23.3 Å². The lowest BCUT2D eigenvalue weighted by atomic mass is 10.6.